The maximum atomic E-state index is 2.47. The van der Waals surface area contributed by atoms with Gasteiger partial charge in [0.2, 0.25) is 0 Å². The molecule has 1 aliphatic heterocycles. The molecule has 1 heterocycles. The van der Waals surface area contributed by atoms with E-state index < -0.39 is 0 Å². The Morgan fingerprint density at radius 2 is 0.915 bits per heavy atom. The summed E-state index contributed by atoms with van der Waals surface area (Å²) in [6.07, 6.45) is 0. The van der Waals surface area contributed by atoms with Gasteiger partial charge in [0.05, 0.1) is 0 Å². The highest BCUT2D eigenvalue weighted by molar-refractivity contribution is 8.00. The van der Waals surface area contributed by atoms with Crippen molar-refractivity contribution in [3.05, 3.63) is 186 Å². The highest BCUT2D eigenvalue weighted by atomic mass is 32.2. The molecular weight excluding hydrogens is 585 g/mol. The molecule has 0 radical (unpaired) electrons. The summed E-state index contributed by atoms with van der Waals surface area (Å²) in [6, 6.07) is 59.1. The molecule has 0 aliphatic carbocycles. The van der Waals surface area contributed by atoms with Crippen LogP contribution in [-0.4, -0.2) is 0 Å². The maximum Gasteiger partial charge on any atom is 0.0454 e. The number of thioether (sulfide) groups is 1. The van der Waals surface area contributed by atoms with E-state index in [9.17, 15) is 0 Å². The van der Waals surface area contributed by atoms with E-state index in [0.29, 0.717) is 11.2 Å². The molecule has 0 aromatic heterocycles. The lowest BCUT2D eigenvalue weighted by Gasteiger charge is -2.21. The fourth-order valence-electron chi connectivity index (χ4n) is 7.66. The predicted molar refractivity (Wildman–Crippen MR) is 203 cm³/mol. The Morgan fingerprint density at radius 3 is 1.51 bits per heavy atom. The van der Waals surface area contributed by atoms with E-state index in [-0.39, 0.29) is 0 Å². The summed E-state index contributed by atoms with van der Waals surface area (Å²) in [6.45, 7) is 4.34. The molecule has 0 spiro atoms. The Balaban J connectivity index is 1.25. The van der Waals surface area contributed by atoms with Crippen LogP contribution < -0.4 is 0 Å². The predicted octanol–water partition coefficient (Wildman–Crippen LogP) is 13.1. The van der Waals surface area contributed by atoms with E-state index in [1.165, 1.54) is 87.3 Å². The molecular formula is C46H34S. The molecule has 0 nitrogen and oxygen atoms in total. The standard InChI is InChI=1S/C46H34S/c1-29-15-19-32(20-16-29)45-41-26-25-36(28-42(41)47-46(45)33-21-17-30(2)18-22-33)44-39-13-7-5-11-37(39)43(38-12-6-8-14-40(38)44)35-24-23-31-9-3-4-10-34(31)27-35/h3-28,45-46H,1-2H3. The Kier molecular flexibility index (Phi) is 6.76. The summed E-state index contributed by atoms with van der Waals surface area (Å²) in [4.78, 5) is 1.38. The summed E-state index contributed by atoms with van der Waals surface area (Å²) in [5.74, 6) is 0.302. The van der Waals surface area contributed by atoms with Crippen molar-refractivity contribution < 1.29 is 0 Å². The smallest absolute Gasteiger partial charge is 0.0454 e. The van der Waals surface area contributed by atoms with Crippen LogP contribution in [0, 0.1) is 13.8 Å². The highest BCUT2D eigenvalue weighted by Gasteiger charge is 2.36. The number of hydrogen-bond acceptors (Lipinski definition) is 1. The van der Waals surface area contributed by atoms with Crippen molar-refractivity contribution in [1.29, 1.82) is 0 Å². The van der Waals surface area contributed by atoms with E-state index in [0.717, 1.165) is 0 Å². The van der Waals surface area contributed by atoms with Gasteiger partial charge >= 0.3 is 0 Å². The van der Waals surface area contributed by atoms with Crippen molar-refractivity contribution in [3.63, 3.8) is 0 Å². The Bertz CT molecular complexity index is 2390. The second-order valence-corrected chi connectivity index (χ2v) is 14.2. The van der Waals surface area contributed by atoms with Gasteiger partial charge in [-0.05, 0) is 97.2 Å². The molecule has 0 saturated carbocycles. The number of hydrogen-bond donors (Lipinski definition) is 0. The van der Waals surface area contributed by atoms with Crippen LogP contribution in [-0.2, 0) is 0 Å². The number of fused-ring (bicyclic) bond motifs is 4. The molecule has 8 aromatic rings. The van der Waals surface area contributed by atoms with E-state index in [2.05, 4.69) is 172 Å². The lowest BCUT2D eigenvalue weighted by atomic mass is 9.83. The molecule has 9 rings (SSSR count). The molecule has 8 aromatic carbocycles. The van der Waals surface area contributed by atoms with Crippen LogP contribution >= 0.6 is 11.8 Å². The molecule has 0 N–H and O–H groups in total. The molecule has 1 aliphatic rings. The lowest BCUT2D eigenvalue weighted by molar-refractivity contribution is 0.797. The minimum atomic E-state index is 0.302. The minimum Gasteiger partial charge on any atom is -0.117 e. The second-order valence-electron chi connectivity index (χ2n) is 13.0. The van der Waals surface area contributed by atoms with Crippen LogP contribution in [0.3, 0.4) is 0 Å². The molecule has 1 heteroatoms. The third kappa shape index (κ3) is 4.77. The zero-order valence-electron chi connectivity index (χ0n) is 26.6. The van der Waals surface area contributed by atoms with Crippen LogP contribution in [0.25, 0.3) is 54.6 Å². The average molecular weight is 619 g/mol. The Labute approximate surface area is 280 Å². The maximum absolute atomic E-state index is 2.47. The van der Waals surface area contributed by atoms with Gasteiger partial charge in [0.1, 0.15) is 0 Å². The summed E-state index contributed by atoms with van der Waals surface area (Å²) in [7, 11) is 0. The van der Waals surface area contributed by atoms with Crippen molar-refractivity contribution in [2.75, 3.05) is 0 Å². The van der Waals surface area contributed by atoms with E-state index in [4.69, 9.17) is 0 Å². The molecule has 47 heavy (non-hydrogen) atoms. The van der Waals surface area contributed by atoms with Gasteiger partial charge < -0.3 is 0 Å². The van der Waals surface area contributed by atoms with Crippen molar-refractivity contribution in [2.24, 2.45) is 0 Å². The van der Waals surface area contributed by atoms with E-state index >= 15 is 0 Å². The SMILES string of the molecule is Cc1ccc(C2Sc3cc(-c4c5ccccc5c(-c5ccc6ccccc6c5)c5ccccc45)ccc3C2c2ccc(C)cc2)cc1. The first-order chi connectivity index (χ1) is 23.1. The van der Waals surface area contributed by atoms with Gasteiger partial charge in [-0.25, -0.2) is 0 Å². The number of aryl methyl sites for hydroxylation is 2. The average Bonchev–Trinajstić information content (AvgIpc) is 3.49. The number of benzene rings is 8. The monoisotopic (exact) mass is 618 g/mol. The zero-order valence-corrected chi connectivity index (χ0v) is 27.4. The first-order valence-electron chi connectivity index (χ1n) is 16.5. The van der Waals surface area contributed by atoms with Crippen molar-refractivity contribution in [1.82, 2.24) is 0 Å². The molecule has 224 valence electrons. The molecule has 0 fully saturated rings. The lowest BCUT2D eigenvalue weighted by Crippen LogP contribution is -2.05. The third-order valence-corrected chi connectivity index (χ3v) is 11.4. The molecule has 2 unspecified atom stereocenters. The fraction of sp³-hybridized carbons (Fsp3) is 0.0870. The van der Waals surface area contributed by atoms with Gasteiger partial charge in [-0.1, -0.05) is 157 Å². The van der Waals surface area contributed by atoms with Gasteiger partial charge in [-0.3, -0.25) is 0 Å². The van der Waals surface area contributed by atoms with Crippen LogP contribution in [0.15, 0.2) is 163 Å². The normalized spacial score (nSPS) is 15.8. The van der Waals surface area contributed by atoms with Crippen LogP contribution in [0.5, 0.6) is 0 Å². The van der Waals surface area contributed by atoms with Gasteiger partial charge in [-0.15, -0.1) is 11.8 Å². The quantitative estimate of drug-likeness (QED) is 0.177. The zero-order chi connectivity index (χ0) is 31.5. The van der Waals surface area contributed by atoms with Crippen LogP contribution in [0.4, 0.5) is 0 Å². The Hall–Kier alpha value is -5.11. The van der Waals surface area contributed by atoms with Crippen molar-refractivity contribution in [2.45, 2.75) is 29.9 Å². The summed E-state index contributed by atoms with van der Waals surface area (Å²) in [5, 5.41) is 8.03. The first-order valence-corrected chi connectivity index (χ1v) is 17.4. The number of rotatable bonds is 4. The van der Waals surface area contributed by atoms with E-state index in [1.54, 1.807) is 0 Å². The molecule has 0 amide bonds. The third-order valence-electron chi connectivity index (χ3n) is 10.0. The summed E-state index contributed by atoms with van der Waals surface area (Å²) < 4.78 is 0. The largest absolute Gasteiger partial charge is 0.117 e. The van der Waals surface area contributed by atoms with Crippen molar-refractivity contribution in [3.8, 4) is 22.3 Å². The van der Waals surface area contributed by atoms with Gasteiger partial charge in [0.25, 0.3) is 0 Å². The molecule has 2 atom stereocenters. The Morgan fingerprint density at radius 1 is 0.426 bits per heavy atom. The van der Waals surface area contributed by atoms with Gasteiger partial charge in [-0.2, -0.15) is 0 Å². The van der Waals surface area contributed by atoms with Crippen LogP contribution in [0.1, 0.15) is 39.0 Å². The minimum absolute atomic E-state index is 0.302. The van der Waals surface area contributed by atoms with Gasteiger partial charge in [0, 0.05) is 16.1 Å². The van der Waals surface area contributed by atoms with E-state index in [1.807, 2.05) is 11.8 Å². The van der Waals surface area contributed by atoms with Crippen LogP contribution in [0.2, 0.25) is 0 Å². The summed E-state index contributed by atoms with van der Waals surface area (Å²) >= 11 is 2.02. The summed E-state index contributed by atoms with van der Waals surface area (Å²) in [5.41, 5.74) is 12.0. The second kappa shape index (κ2) is 11.3. The molecule has 0 bridgehead atoms. The van der Waals surface area contributed by atoms with Crippen molar-refractivity contribution >= 4 is 44.1 Å². The van der Waals surface area contributed by atoms with Gasteiger partial charge in [0.15, 0.2) is 0 Å². The first kappa shape index (κ1) is 28.1. The highest BCUT2D eigenvalue weighted by Crippen LogP contribution is 2.58. The topological polar surface area (TPSA) is 0 Å². The fourth-order valence-corrected chi connectivity index (χ4v) is 9.19. The molecule has 0 saturated heterocycles.